The molecule has 0 saturated carbocycles. The average Bonchev–Trinajstić information content (AvgIpc) is 2.65. The molecule has 1 atom stereocenters. The van der Waals surface area contributed by atoms with E-state index >= 15 is 0 Å². The van der Waals surface area contributed by atoms with E-state index in [-0.39, 0.29) is 11.5 Å². The molecule has 140 valence electrons. The average molecular weight is 382 g/mol. The molecule has 0 saturated heterocycles. The molecular formula is C21H23N3O2S. The summed E-state index contributed by atoms with van der Waals surface area (Å²) >= 11 is 1.30. The van der Waals surface area contributed by atoms with Gasteiger partial charge in [-0.15, -0.1) is 0 Å². The van der Waals surface area contributed by atoms with Gasteiger partial charge in [-0.25, -0.2) is 4.98 Å². The van der Waals surface area contributed by atoms with Crippen LogP contribution in [0.1, 0.15) is 25.0 Å². The minimum atomic E-state index is -0.394. The number of nitrogens with one attached hydrogen (secondary N) is 1. The van der Waals surface area contributed by atoms with Crippen molar-refractivity contribution in [3.05, 3.63) is 63.9 Å². The third-order valence-electron chi connectivity index (χ3n) is 4.52. The second-order valence-electron chi connectivity index (χ2n) is 6.48. The SMILES string of the molecule is CCn1c(S[C@@H](C)C(=O)Nc2c(C)cccc2C)nc2ccccc2c1=O. The Labute approximate surface area is 162 Å². The molecule has 5 nitrogen and oxygen atoms in total. The third kappa shape index (κ3) is 3.90. The highest BCUT2D eigenvalue weighted by Gasteiger charge is 2.20. The molecule has 2 aromatic carbocycles. The standard InChI is InChI=1S/C21H23N3O2S/c1-5-24-20(26)16-11-6-7-12-17(16)22-21(24)27-15(4)19(25)23-18-13(2)9-8-10-14(18)3/h6-12,15H,5H2,1-4H3,(H,23,25)/t15-/m0/s1. The third-order valence-corrected chi connectivity index (χ3v) is 5.61. The Hall–Kier alpha value is -2.60. The number of carbonyl (C=O) groups is 1. The second-order valence-corrected chi connectivity index (χ2v) is 7.79. The van der Waals surface area contributed by atoms with Crippen LogP contribution in [0.25, 0.3) is 10.9 Å². The molecule has 1 heterocycles. The van der Waals surface area contributed by atoms with Gasteiger partial charge in [0.25, 0.3) is 5.56 Å². The van der Waals surface area contributed by atoms with Crippen LogP contribution in [-0.2, 0) is 11.3 Å². The van der Waals surface area contributed by atoms with Crippen LogP contribution in [-0.4, -0.2) is 20.7 Å². The highest BCUT2D eigenvalue weighted by Crippen LogP contribution is 2.25. The molecule has 6 heteroatoms. The van der Waals surface area contributed by atoms with Gasteiger partial charge in [0, 0.05) is 12.2 Å². The van der Waals surface area contributed by atoms with Gasteiger partial charge in [-0.3, -0.25) is 14.2 Å². The first kappa shape index (κ1) is 19.2. The van der Waals surface area contributed by atoms with Crippen LogP contribution in [0.3, 0.4) is 0 Å². The maximum atomic E-state index is 12.7. The maximum Gasteiger partial charge on any atom is 0.262 e. The fraction of sp³-hybridized carbons (Fsp3) is 0.286. The highest BCUT2D eigenvalue weighted by atomic mass is 32.2. The minimum Gasteiger partial charge on any atom is -0.325 e. The molecule has 1 amide bonds. The molecule has 0 radical (unpaired) electrons. The number of anilines is 1. The highest BCUT2D eigenvalue weighted by molar-refractivity contribution is 8.00. The van der Waals surface area contributed by atoms with Crippen molar-refractivity contribution in [2.75, 3.05) is 5.32 Å². The van der Waals surface area contributed by atoms with Gasteiger partial charge in [-0.1, -0.05) is 42.1 Å². The van der Waals surface area contributed by atoms with Crippen LogP contribution in [0, 0.1) is 13.8 Å². The number of amides is 1. The Bertz CT molecular complexity index is 1040. The van der Waals surface area contributed by atoms with E-state index in [1.165, 1.54) is 11.8 Å². The number of carbonyl (C=O) groups excluding carboxylic acids is 1. The Morgan fingerprint density at radius 3 is 2.48 bits per heavy atom. The van der Waals surface area contributed by atoms with Crippen LogP contribution in [0.4, 0.5) is 5.69 Å². The molecule has 0 bridgehead atoms. The van der Waals surface area contributed by atoms with Gasteiger partial charge in [0.15, 0.2) is 5.16 Å². The summed E-state index contributed by atoms with van der Waals surface area (Å²) in [4.78, 5) is 30.1. The molecule has 1 aromatic heterocycles. The largest absolute Gasteiger partial charge is 0.325 e. The van der Waals surface area contributed by atoms with Gasteiger partial charge >= 0.3 is 0 Å². The Morgan fingerprint density at radius 1 is 1.15 bits per heavy atom. The molecular weight excluding hydrogens is 358 g/mol. The van der Waals surface area contributed by atoms with Crippen LogP contribution in [0.5, 0.6) is 0 Å². The molecule has 1 N–H and O–H groups in total. The molecule has 0 fully saturated rings. The summed E-state index contributed by atoms with van der Waals surface area (Å²) in [7, 11) is 0. The molecule has 0 aliphatic heterocycles. The number of aryl methyl sites for hydroxylation is 2. The first-order valence-electron chi connectivity index (χ1n) is 8.95. The van der Waals surface area contributed by atoms with E-state index in [4.69, 9.17) is 0 Å². The topological polar surface area (TPSA) is 64.0 Å². The summed E-state index contributed by atoms with van der Waals surface area (Å²) in [5, 5.41) is 3.77. The molecule has 0 aliphatic carbocycles. The van der Waals surface area contributed by atoms with Gasteiger partial charge in [0.1, 0.15) is 0 Å². The van der Waals surface area contributed by atoms with Gasteiger partial charge < -0.3 is 5.32 Å². The first-order chi connectivity index (χ1) is 12.9. The van der Waals surface area contributed by atoms with Crippen LogP contribution in [0.2, 0.25) is 0 Å². The lowest BCUT2D eigenvalue weighted by Gasteiger charge is -2.17. The van der Waals surface area contributed by atoms with Crippen molar-refractivity contribution in [2.45, 2.75) is 44.6 Å². The van der Waals surface area contributed by atoms with Crippen LogP contribution in [0.15, 0.2) is 52.4 Å². The van der Waals surface area contributed by atoms with Crippen molar-refractivity contribution >= 4 is 34.3 Å². The smallest absolute Gasteiger partial charge is 0.262 e. The van der Waals surface area contributed by atoms with Gasteiger partial charge in [0.2, 0.25) is 5.91 Å². The summed E-state index contributed by atoms with van der Waals surface area (Å²) < 4.78 is 1.62. The number of thioether (sulfide) groups is 1. The fourth-order valence-corrected chi connectivity index (χ4v) is 3.94. The molecule has 27 heavy (non-hydrogen) atoms. The molecule has 0 aliphatic rings. The zero-order valence-electron chi connectivity index (χ0n) is 15.9. The van der Waals surface area contributed by atoms with Crippen molar-refractivity contribution in [3.63, 3.8) is 0 Å². The van der Waals surface area contributed by atoms with E-state index in [1.54, 1.807) is 10.6 Å². The lowest BCUT2D eigenvalue weighted by molar-refractivity contribution is -0.115. The number of hydrogen-bond acceptors (Lipinski definition) is 4. The number of benzene rings is 2. The number of rotatable bonds is 5. The van der Waals surface area contributed by atoms with Crippen molar-refractivity contribution in [2.24, 2.45) is 0 Å². The molecule has 0 unspecified atom stereocenters. The first-order valence-corrected chi connectivity index (χ1v) is 9.83. The van der Waals surface area contributed by atoms with Crippen molar-refractivity contribution in [3.8, 4) is 0 Å². The van der Waals surface area contributed by atoms with Gasteiger partial charge in [-0.05, 0) is 51.0 Å². The number of nitrogens with zero attached hydrogens (tertiary/aromatic N) is 2. The van der Waals surface area contributed by atoms with E-state index < -0.39 is 5.25 Å². The zero-order chi connectivity index (χ0) is 19.6. The van der Waals surface area contributed by atoms with E-state index in [0.717, 1.165) is 16.8 Å². The predicted octanol–water partition coefficient (Wildman–Crippen LogP) is 4.15. The van der Waals surface area contributed by atoms with Crippen LogP contribution >= 0.6 is 11.8 Å². The number of para-hydroxylation sites is 2. The monoisotopic (exact) mass is 381 g/mol. The minimum absolute atomic E-state index is 0.0760. The van der Waals surface area contributed by atoms with Crippen LogP contribution < -0.4 is 10.9 Å². The summed E-state index contributed by atoms with van der Waals surface area (Å²) in [5.74, 6) is -0.109. The summed E-state index contributed by atoms with van der Waals surface area (Å²) in [5.41, 5.74) is 3.46. The van der Waals surface area contributed by atoms with Crippen molar-refractivity contribution in [1.82, 2.24) is 9.55 Å². The van der Waals surface area contributed by atoms with Gasteiger partial charge in [-0.2, -0.15) is 0 Å². The zero-order valence-corrected chi connectivity index (χ0v) is 16.8. The predicted molar refractivity (Wildman–Crippen MR) is 112 cm³/mol. The number of fused-ring (bicyclic) bond motifs is 1. The van der Waals surface area contributed by atoms with Crippen molar-refractivity contribution < 1.29 is 4.79 Å². The number of aromatic nitrogens is 2. The van der Waals surface area contributed by atoms with E-state index in [2.05, 4.69) is 10.3 Å². The lowest BCUT2D eigenvalue weighted by atomic mass is 10.1. The van der Waals surface area contributed by atoms with E-state index in [9.17, 15) is 9.59 Å². The second kappa shape index (κ2) is 7.96. The fourth-order valence-electron chi connectivity index (χ4n) is 2.96. The summed E-state index contributed by atoms with van der Waals surface area (Å²) in [6.07, 6.45) is 0. The molecule has 0 spiro atoms. The quantitative estimate of drug-likeness (QED) is 0.533. The Kier molecular flexibility index (Phi) is 5.65. The van der Waals surface area contributed by atoms with Crippen molar-refractivity contribution in [1.29, 1.82) is 0 Å². The maximum absolute atomic E-state index is 12.7. The Balaban J connectivity index is 1.88. The van der Waals surface area contributed by atoms with E-state index in [1.807, 2.05) is 64.1 Å². The number of hydrogen-bond donors (Lipinski definition) is 1. The van der Waals surface area contributed by atoms with Gasteiger partial charge in [0.05, 0.1) is 16.2 Å². The molecule has 3 rings (SSSR count). The lowest BCUT2D eigenvalue weighted by Crippen LogP contribution is -2.27. The molecule has 3 aromatic rings. The summed E-state index contributed by atoms with van der Waals surface area (Å²) in [6, 6.07) is 13.2. The normalized spacial score (nSPS) is 12.1. The van der Waals surface area contributed by atoms with E-state index in [0.29, 0.717) is 22.6 Å². The summed E-state index contributed by atoms with van der Waals surface area (Å²) in [6.45, 7) is 8.18. The Morgan fingerprint density at radius 2 is 1.81 bits per heavy atom.